The monoisotopic (exact) mass is 419 g/mol. The first-order chi connectivity index (χ1) is 13.3. The largest absolute Gasteiger partial charge is 0.355 e. The third kappa shape index (κ3) is 4.75. The Morgan fingerprint density at radius 2 is 1.68 bits per heavy atom. The molecule has 0 aliphatic rings. The SMILES string of the molecule is C=CCN(CC=C)S(=O)(=O)c1ccc(C(=O)Nc2sccc2C(=O)NC)cc1. The van der Waals surface area contributed by atoms with Gasteiger partial charge >= 0.3 is 0 Å². The third-order valence-corrected chi connectivity index (χ3v) is 6.46. The van der Waals surface area contributed by atoms with Crippen LogP contribution < -0.4 is 10.6 Å². The number of rotatable bonds is 9. The Balaban J connectivity index is 2.21. The molecule has 0 radical (unpaired) electrons. The lowest BCUT2D eigenvalue weighted by Crippen LogP contribution is -2.31. The number of carbonyl (C=O) groups excluding carboxylic acids is 2. The van der Waals surface area contributed by atoms with Gasteiger partial charge in [-0.2, -0.15) is 4.31 Å². The number of carbonyl (C=O) groups is 2. The van der Waals surface area contributed by atoms with E-state index < -0.39 is 15.9 Å². The number of amides is 2. The van der Waals surface area contributed by atoms with Gasteiger partial charge in [0.25, 0.3) is 11.8 Å². The van der Waals surface area contributed by atoms with Crippen LogP contribution in [0.2, 0.25) is 0 Å². The topological polar surface area (TPSA) is 95.6 Å². The molecule has 0 saturated heterocycles. The van der Waals surface area contributed by atoms with E-state index >= 15 is 0 Å². The van der Waals surface area contributed by atoms with Crippen molar-refractivity contribution < 1.29 is 18.0 Å². The fraction of sp³-hybridized carbons (Fsp3) is 0.158. The Morgan fingerprint density at radius 3 is 2.21 bits per heavy atom. The summed E-state index contributed by atoms with van der Waals surface area (Å²) in [6.07, 6.45) is 2.99. The number of thiophene rings is 1. The van der Waals surface area contributed by atoms with E-state index in [0.717, 1.165) is 0 Å². The summed E-state index contributed by atoms with van der Waals surface area (Å²) in [6, 6.07) is 7.21. The molecule has 7 nitrogen and oxygen atoms in total. The van der Waals surface area contributed by atoms with Crippen molar-refractivity contribution >= 4 is 38.2 Å². The van der Waals surface area contributed by atoms with Crippen molar-refractivity contribution in [2.75, 3.05) is 25.5 Å². The molecular weight excluding hydrogens is 398 g/mol. The molecule has 0 spiro atoms. The van der Waals surface area contributed by atoms with Crippen molar-refractivity contribution in [2.45, 2.75) is 4.90 Å². The van der Waals surface area contributed by atoms with E-state index in [2.05, 4.69) is 23.8 Å². The quantitative estimate of drug-likeness (QED) is 0.611. The summed E-state index contributed by atoms with van der Waals surface area (Å²) in [5, 5.41) is 7.30. The first kappa shape index (κ1) is 21.5. The lowest BCUT2D eigenvalue weighted by Gasteiger charge is -2.19. The van der Waals surface area contributed by atoms with Gasteiger partial charge in [0.1, 0.15) is 5.00 Å². The second-order valence-electron chi connectivity index (χ2n) is 5.62. The van der Waals surface area contributed by atoms with Gasteiger partial charge in [-0.3, -0.25) is 9.59 Å². The van der Waals surface area contributed by atoms with Crippen LogP contribution in [0.15, 0.2) is 65.9 Å². The zero-order valence-corrected chi connectivity index (χ0v) is 17.0. The van der Waals surface area contributed by atoms with E-state index in [4.69, 9.17) is 0 Å². The fourth-order valence-corrected chi connectivity index (χ4v) is 4.54. The fourth-order valence-electron chi connectivity index (χ4n) is 2.38. The Bertz CT molecular complexity index is 969. The molecule has 2 aromatic rings. The molecule has 0 atom stereocenters. The van der Waals surface area contributed by atoms with Crippen molar-refractivity contribution in [3.05, 3.63) is 72.1 Å². The highest BCUT2D eigenvalue weighted by Crippen LogP contribution is 2.24. The van der Waals surface area contributed by atoms with Crippen LogP contribution in [0.4, 0.5) is 5.00 Å². The predicted octanol–water partition coefficient (Wildman–Crippen LogP) is 2.72. The third-order valence-electron chi connectivity index (χ3n) is 3.78. The summed E-state index contributed by atoms with van der Waals surface area (Å²) in [4.78, 5) is 24.3. The molecule has 0 aliphatic carbocycles. The zero-order chi connectivity index (χ0) is 20.7. The van der Waals surface area contributed by atoms with Gasteiger partial charge in [0.2, 0.25) is 10.0 Å². The van der Waals surface area contributed by atoms with Crippen LogP contribution >= 0.6 is 11.3 Å². The second-order valence-corrected chi connectivity index (χ2v) is 8.47. The van der Waals surface area contributed by atoms with Gasteiger partial charge in [-0.05, 0) is 35.7 Å². The first-order valence-electron chi connectivity index (χ1n) is 8.28. The summed E-state index contributed by atoms with van der Waals surface area (Å²) in [6.45, 7) is 7.43. The molecule has 1 aromatic carbocycles. The molecule has 0 aliphatic heterocycles. The highest BCUT2D eigenvalue weighted by molar-refractivity contribution is 7.89. The van der Waals surface area contributed by atoms with Crippen molar-refractivity contribution in [1.82, 2.24) is 9.62 Å². The van der Waals surface area contributed by atoms with Gasteiger partial charge in [0, 0.05) is 25.7 Å². The van der Waals surface area contributed by atoms with Crippen molar-refractivity contribution in [3.8, 4) is 0 Å². The van der Waals surface area contributed by atoms with Crippen LogP contribution in [0.5, 0.6) is 0 Å². The minimum atomic E-state index is -3.73. The summed E-state index contributed by atoms with van der Waals surface area (Å²) in [5.41, 5.74) is 0.638. The Morgan fingerprint density at radius 1 is 1.07 bits per heavy atom. The minimum Gasteiger partial charge on any atom is -0.355 e. The average molecular weight is 420 g/mol. The van der Waals surface area contributed by atoms with Gasteiger partial charge in [-0.15, -0.1) is 24.5 Å². The summed E-state index contributed by atoms with van der Waals surface area (Å²) >= 11 is 1.22. The molecular formula is C19H21N3O4S2. The average Bonchev–Trinajstić information content (AvgIpc) is 3.15. The van der Waals surface area contributed by atoms with Crippen molar-refractivity contribution in [2.24, 2.45) is 0 Å². The van der Waals surface area contributed by atoms with E-state index in [-0.39, 0.29) is 29.5 Å². The van der Waals surface area contributed by atoms with Crippen LogP contribution in [0.3, 0.4) is 0 Å². The Kier molecular flexibility index (Phi) is 7.27. The molecule has 9 heteroatoms. The maximum atomic E-state index is 12.7. The highest BCUT2D eigenvalue weighted by atomic mass is 32.2. The van der Waals surface area contributed by atoms with Gasteiger partial charge in [-0.1, -0.05) is 12.2 Å². The minimum absolute atomic E-state index is 0.0647. The molecule has 2 rings (SSSR count). The Hall–Kier alpha value is -2.75. The number of benzene rings is 1. The molecule has 2 amide bonds. The van der Waals surface area contributed by atoms with Gasteiger partial charge in [0.05, 0.1) is 10.5 Å². The maximum Gasteiger partial charge on any atom is 0.256 e. The van der Waals surface area contributed by atoms with E-state index in [1.807, 2.05) is 0 Å². The number of hydrogen-bond donors (Lipinski definition) is 2. The number of nitrogens with one attached hydrogen (secondary N) is 2. The molecule has 0 fully saturated rings. The molecule has 0 bridgehead atoms. The summed E-state index contributed by atoms with van der Waals surface area (Å²) < 4.78 is 26.6. The van der Waals surface area contributed by atoms with Crippen LogP contribution in [0, 0.1) is 0 Å². The number of anilines is 1. The van der Waals surface area contributed by atoms with Crippen LogP contribution in [-0.4, -0.2) is 44.7 Å². The van der Waals surface area contributed by atoms with Crippen LogP contribution in [0.1, 0.15) is 20.7 Å². The molecule has 0 unspecified atom stereocenters. The highest BCUT2D eigenvalue weighted by Gasteiger charge is 2.23. The molecule has 0 saturated carbocycles. The number of nitrogens with zero attached hydrogens (tertiary/aromatic N) is 1. The lowest BCUT2D eigenvalue weighted by atomic mass is 10.2. The van der Waals surface area contributed by atoms with E-state index in [9.17, 15) is 18.0 Å². The van der Waals surface area contributed by atoms with Crippen molar-refractivity contribution in [3.63, 3.8) is 0 Å². The molecule has 2 N–H and O–H groups in total. The van der Waals surface area contributed by atoms with Crippen molar-refractivity contribution in [1.29, 1.82) is 0 Å². The smallest absolute Gasteiger partial charge is 0.256 e. The van der Waals surface area contributed by atoms with E-state index in [1.54, 1.807) is 11.4 Å². The number of sulfonamides is 1. The summed E-state index contributed by atoms with van der Waals surface area (Å²) in [7, 11) is -2.22. The predicted molar refractivity (Wildman–Crippen MR) is 111 cm³/mol. The Labute approximate surface area is 168 Å². The lowest BCUT2D eigenvalue weighted by molar-refractivity contribution is 0.0964. The molecule has 148 valence electrons. The maximum absolute atomic E-state index is 12.7. The van der Waals surface area contributed by atoms with E-state index in [0.29, 0.717) is 10.6 Å². The first-order valence-corrected chi connectivity index (χ1v) is 10.6. The molecule has 1 heterocycles. The number of hydrogen-bond acceptors (Lipinski definition) is 5. The van der Waals surface area contributed by atoms with Crippen LogP contribution in [-0.2, 0) is 10.0 Å². The normalized spacial score (nSPS) is 11.1. The molecule has 28 heavy (non-hydrogen) atoms. The van der Waals surface area contributed by atoms with Gasteiger partial charge < -0.3 is 10.6 Å². The summed E-state index contributed by atoms with van der Waals surface area (Å²) in [5.74, 6) is -0.742. The molecule has 1 aromatic heterocycles. The van der Waals surface area contributed by atoms with E-state index in [1.165, 1.54) is 59.1 Å². The second kappa shape index (κ2) is 9.45. The van der Waals surface area contributed by atoms with Gasteiger partial charge in [-0.25, -0.2) is 8.42 Å². The van der Waals surface area contributed by atoms with Crippen LogP contribution in [0.25, 0.3) is 0 Å². The van der Waals surface area contributed by atoms with Gasteiger partial charge in [0.15, 0.2) is 0 Å². The standard InChI is InChI=1S/C19H21N3O4S2/c1-4-11-22(12-5-2)28(25,26)15-8-6-14(7-9-15)17(23)21-19-16(10-13-27-19)18(24)20-3/h4-10,13H,1-2,11-12H2,3H3,(H,20,24)(H,21,23). The zero-order valence-electron chi connectivity index (χ0n) is 15.3.